The zero-order valence-corrected chi connectivity index (χ0v) is 20.5. The van der Waals surface area contributed by atoms with E-state index in [9.17, 15) is 17.6 Å². The number of halogens is 1. The van der Waals surface area contributed by atoms with Gasteiger partial charge in [0.05, 0.1) is 11.4 Å². The molecule has 1 atom stereocenters. The largest absolute Gasteiger partial charge is 0.486 e. The maximum absolute atomic E-state index is 13.4. The van der Waals surface area contributed by atoms with Gasteiger partial charge in [0, 0.05) is 41.5 Å². The zero-order chi connectivity index (χ0) is 25.6. The molecule has 0 fully saturated rings. The molecule has 37 heavy (non-hydrogen) atoms. The molecular formula is C28H23FN2O5S. The van der Waals surface area contributed by atoms with Crippen LogP contribution in [0.3, 0.4) is 0 Å². The van der Waals surface area contributed by atoms with E-state index in [1.54, 1.807) is 18.2 Å². The van der Waals surface area contributed by atoms with Gasteiger partial charge in [0.15, 0.2) is 17.3 Å². The third-order valence-electron chi connectivity index (χ3n) is 6.60. The summed E-state index contributed by atoms with van der Waals surface area (Å²) in [4.78, 5) is 13.4. The van der Waals surface area contributed by atoms with Crippen LogP contribution < -0.4 is 14.2 Å². The Kier molecular flexibility index (Phi) is 5.72. The highest BCUT2D eigenvalue weighted by Crippen LogP contribution is 2.41. The van der Waals surface area contributed by atoms with Gasteiger partial charge in [0.25, 0.3) is 0 Å². The number of ether oxygens (including phenoxy) is 2. The van der Waals surface area contributed by atoms with Crippen LogP contribution >= 0.6 is 0 Å². The van der Waals surface area contributed by atoms with Gasteiger partial charge in [-0.05, 0) is 53.6 Å². The molecule has 9 heteroatoms. The second-order valence-electron chi connectivity index (χ2n) is 9.11. The zero-order valence-electron chi connectivity index (χ0n) is 19.7. The van der Waals surface area contributed by atoms with Crippen molar-refractivity contribution in [2.24, 2.45) is 0 Å². The number of benzene rings is 3. The van der Waals surface area contributed by atoms with Crippen LogP contribution in [0.2, 0.25) is 0 Å². The van der Waals surface area contributed by atoms with Crippen molar-refractivity contribution < 1.29 is 27.1 Å². The Morgan fingerprint density at radius 2 is 1.65 bits per heavy atom. The molecular weight excluding hydrogens is 495 g/mol. The number of aromatic nitrogens is 1. The van der Waals surface area contributed by atoms with Crippen LogP contribution in [0.1, 0.15) is 39.5 Å². The van der Waals surface area contributed by atoms with Gasteiger partial charge in [-0.15, -0.1) is 0 Å². The van der Waals surface area contributed by atoms with Crippen LogP contribution in [0.25, 0.3) is 5.69 Å². The first kappa shape index (κ1) is 23.3. The first-order valence-electron chi connectivity index (χ1n) is 11.9. The molecule has 0 saturated carbocycles. The number of rotatable bonds is 5. The average Bonchev–Trinajstić information content (AvgIpc) is 3.34. The van der Waals surface area contributed by atoms with E-state index in [-0.39, 0.29) is 23.9 Å². The van der Waals surface area contributed by atoms with Gasteiger partial charge in [0.1, 0.15) is 19.0 Å². The first-order valence-corrected chi connectivity index (χ1v) is 13.5. The molecule has 7 nitrogen and oxygen atoms in total. The number of hydrogen-bond donors (Lipinski definition) is 1. The fraction of sp³-hybridized carbons (Fsp3) is 0.179. The molecule has 0 amide bonds. The molecule has 3 aromatic carbocycles. The number of Topliss-reactive ketones (excluding diaryl/α,β-unsaturated/α-hetero) is 1. The van der Waals surface area contributed by atoms with Gasteiger partial charge in [-0.1, -0.05) is 24.3 Å². The summed E-state index contributed by atoms with van der Waals surface area (Å²) < 4.78 is 54.4. The molecule has 3 heterocycles. The molecule has 1 N–H and O–H groups in total. The summed E-state index contributed by atoms with van der Waals surface area (Å²) in [5.74, 6) is 0.270. The van der Waals surface area contributed by atoms with E-state index in [4.69, 9.17) is 9.47 Å². The highest BCUT2D eigenvalue weighted by atomic mass is 32.2. The second-order valence-corrected chi connectivity index (χ2v) is 10.8. The van der Waals surface area contributed by atoms with Crippen LogP contribution in [0.4, 0.5) is 10.1 Å². The van der Waals surface area contributed by atoms with Crippen molar-refractivity contribution in [3.05, 3.63) is 107 Å². The van der Waals surface area contributed by atoms with Gasteiger partial charge in [-0.25, -0.2) is 12.8 Å². The monoisotopic (exact) mass is 518 g/mol. The summed E-state index contributed by atoms with van der Waals surface area (Å²) in [5, 5.41) is 0. The number of nitrogens with one attached hydrogen (secondary N) is 1. The van der Waals surface area contributed by atoms with E-state index in [1.165, 1.54) is 24.3 Å². The van der Waals surface area contributed by atoms with E-state index in [0.29, 0.717) is 41.5 Å². The van der Waals surface area contributed by atoms with Crippen molar-refractivity contribution >= 4 is 21.5 Å². The van der Waals surface area contributed by atoms with Crippen molar-refractivity contribution in [3.63, 3.8) is 0 Å². The van der Waals surface area contributed by atoms with Gasteiger partial charge in [0.2, 0.25) is 10.0 Å². The maximum Gasteiger partial charge on any atom is 0.236 e. The standard InChI is InChI=1S/C28H23FN2O5S/c29-20-7-3-18(4-8-20)17-37(33,34)30-21-9-5-19(6-10-21)22-14-26(32)23-15-27-28(36-13-12-35-27)16-25(23)31-11-1-2-24(22)31/h1-11,15-16,22,30H,12-14,17H2/t22-/m0/s1. The van der Waals surface area contributed by atoms with E-state index in [0.717, 1.165) is 16.9 Å². The molecule has 0 radical (unpaired) electrons. The summed E-state index contributed by atoms with van der Waals surface area (Å²) >= 11 is 0. The lowest BCUT2D eigenvalue weighted by atomic mass is 9.90. The minimum Gasteiger partial charge on any atom is -0.486 e. The lowest BCUT2D eigenvalue weighted by Gasteiger charge is -2.21. The molecule has 0 spiro atoms. The van der Waals surface area contributed by atoms with Gasteiger partial charge < -0.3 is 14.0 Å². The maximum atomic E-state index is 13.4. The first-order chi connectivity index (χ1) is 17.9. The number of fused-ring (bicyclic) bond motifs is 4. The van der Waals surface area contributed by atoms with Crippen LogP contribution in [0.15, 0.2) is 79.0 Å². The molecule has 188 valence electrons. The van der Waals surface area contributed by atoms with Crippen molar-refractivity contribution in [2.45, 2.75) is 18.1 Å². The summed E-state index contributed by atoms with van der Waals surface area (Å²) in [6, 6.07) is 19.9. The van der Waals surface area contributed by atoms with E-state index < -0.39 is 15.8 Å². The Morgan fingerprint density at radius 1 is 0.946 bits per heavy atom. The van der Waals surface area contributed by atoms with Crippen molar-refractivity contribution in [2.75, 3.05) is 17.9 Å². The van der Waals surface area contributed by atoms with E-state index in [2.05, 4.69) is 4.72 Å². The third kappa shape index (κ3) is 4.58. The fourth-order valence-electron chi connectivity index (χ4n) is 4.89. The molecule has 6 rings (SSSR count). The topological polar surface area (TPSA) is 86.6 Å². The third-order valence-corrected chi connectivity index (χ3v) is 7.86. The lowest BCUT2D eigenvalue weighted by Crippen LogP contribution is -2.16. The minimum atomic E-state index is -3.69. The van der Waals surface area contributed by atoms with Crippen molar-refractivity contribution in [1.82, 2.24) is 4.57 Å². The van der Waals surface area contributed by atoms with Crippen molar-refractivity contribution in [1.29, 1.82) is 0 Å². The SMILES string of the molecule is O=C1C[C@@H](c2ccc(NS(=O)(=O)Cc3ccc(F)cc3)cc2)c2cccn2-c2cc3c(cc21)OCCO3. The molecule has 0 saturated heterocycles. The number of ketones is 1. The molecule has 4 aromatic rings. The summed E-state index contributed by atoms with van der Waals surface area (Å²) in [6.07, 6.45) is 2.18. The van der Waals surface area contributed by atoms with Crippen LogP contribution in [0, 0.1) is 5.82 Å². The predicted molar refractivity (Wildman–Crippen MR) is 137 cm³/mol. The van der Waals surface area contributed by atoms with Crippen LogP contribution in [-0.4, -0.2) is 32.0 Å². The molecule has 0 unspecified atom stereocenters. The number of carbonyl (C=O) groups is 1. The molecule has 0 aliphatic carbocycles. The van der Waals surface area contributed by atoms with Gasteiger partial charge in [-0.2, -0.15) is 0 Å². The van der Waals surface area contributed by atoms with E-state index >= 15 is 0 Å². The normalized spacial score (nSPS) is 16.5. The van der Waals surface area contributed by atoms with Crippen LogP contribution in [0.5, 0.6) is 11.5 Å². The predicted octanol–water partition coefficient (Wildman–Crippen LogP) is 5.05. The molecule has 0 bridgehead atoms. The minimum absolute atomic E-state index is 0.00949. The fourth-order valence-corrected chi connectivity index (χ4v) is 6.08. The van der Waals surface area contributed by atoms with Crippen molar-refractivity contribution in [3.8, 4) is 17.2 Å². The average molecular weight is 519 g/mol. The summed E-state index contributed by atoms with van der Waals surface area (Å²) in [6.45, 7) is 0.901. The number of carbonyl (C=O) groups excluding carboxylic acids is 1. The Labute approximate surface area is 213 Å². The van der Waals surface area contributed by atoms with Crippen LogP contribution in [-0.2, 0) is 15.8 Å². The molecule has 1 aromatic heterocycles. The molecule has 2 aliphatic rings. The highest BCUT2D eigenvalue weighted by molar-refractivity contribution is 7.91. The van der Waals surface area contributed by atoms with E-state index in [1.807, 2.05) is 41.1 Å². The summed E-state index contributed by atoms with van der Waals surface area (Å²) in [7, 11) is -3.69. The lowest BCUT2D eigenvalue weighted by molar-refractivity contribution is 0.0978. The van der Waals surface area contributed by atoms with Gasteiger partial charge in [-0.3, -0.25) is 9.52 Å². The Hall–Kier alpha value is -4.11. The number of nitrogens with zero attached hydrogens (tertiary/aromatic N) is 1. The number of sulfonamides is 1. The number of anilines is 1. The smallest absolute Gasteiger partial charge is 0.236 e. The summed E-state index contributed by atoms with van der Waals surface area (Å²) in [5.41, 5.74) is 4.07. The Balaban J connectivity index is 1.27. The Bertz CT molecular complexity index is 1590. The quantitative estimate of drug-likeness (QED) is 0.400. The van der Waals surface area contributed by atoms with Gasteiger partial charge >= 0.3 is 0 Å². The Morgan fingerprint density at radius 3 is 2.38 bits per heavy atom. The number of hydrogen-bond acceptors (Lipinski definition) is 5. The highest BCUT2D eigenvalue weighted by Gasteiger charge is 2.30. The second kappa shape index (κ2) is 9.08. The molecule has 2 aliphatic heterocycles.